The van der Waals surface area contributed by atoms with E-state index in [4.69, 9.17) is 20.3 Å². The molecule has 0 saturated carbocycles. The molecule has 0 bridgehead atoms. The zero-order valence-electron chi connectivity index (χ0n) is 18.3. The summed E-state index contributed by atoms with van der Waals surface area (Å²) in [4.78, 5) is 30.1. The van der Waals surface area contributed by atoms with Gasteiger partial charge in [-0.2, -0.15) is 0 Å². The smallest absolute Gasteiger partial charge is 0.375 e. The molecule has 4 N–H and O–H groups in total. The van der Waals surface area contributed by atoms with E-state index in [0.29, 0.717) is 12.0 Å². The number of benzene rings is 2. The molecule has 0 heterocycles. The van der Waals surface area contributed by atoms with Gasteiger partial charge in [0.05, 0.1) is 25.4 Å². The van der Waals surface area contributed by atoms with Crippen LogP contribution in [0.25, 0.3) is 0 Å². The summed E-state index contributed by atoms with van der Waals surface area (Å²) < 4.78 is 20.8. The van der Waals surface area contributed by atoms with Crippen molar-refractivity contribution in [3.63, 3.8) is 0 Å². The zero-order valence-corrected chi connectivity index (χ0v) is 19.2. The van der Waals surface area contributed by atoms with Crippen LogP contribution in [0.2, 0.25) is 0 Å². The normalized spacial score (nSPS) is 13.7. The number of carbonyl (C=O) groups excluding carboxylic acids is 1. The quantitative estimate of drug-likeness (QED) is 0.333. The standard InChI is InChI=1S/C23H32NO6P/c1-17-7-9-19(10-8-17)5-4-6-22(25)21-12-11-20(13-18(21)2)14-29-15-23(3,24)16-30-31(26,27)28/h7-13H,4-6,14-16,24H2,1-3H3,(H2,26,27,28)/t23-/m1/s1. The molecule has 0 radical (unpaired) electrons. The second kappa shape index (κ2) is 11.1. The van der Waals surface area contributed by atoms with Gasteiger partial charge in [-0.25, -0.2) is 4.57 Å². The lowest BCUT2D eigenvalue weighted by molar-refractivity contribution is 0.0511. The highest BCUT2D eigenvalue weighted by Crippen LogP contribution is 2.36. The highest BCUT2D eigenvalue weighted by molar-refractivity contribution is 7.46. The maximum atomic E-state index is 12.6. The van der Waals surface area contributed by atoms with Gasteiger partial charge >= 0.3 is 7.82 Å². The van der Waals surface area contributed by atoms with Crippen LogP contribution in [0, 0.1) is 13.8 Å². The first-order valence-electron chi connectivity index (χ1n) is 10.2. The number of hydrogen-bond donors (Lipinski definition) is 3. The van der Waals surface area contributed by atoms with Gasteiger partial charge in [-0.3, -0.25) is 9.32 Å². The van der Waals surface area contributed by atoms with Gasteiger partial charge < -0.3 is 20.3 Å². The highest BCUT2D eigenvalue weighted by atomic mass is 31.2. The lowest BCUT2D eigenvalue weighted by atomic mass is 9.97. The average molecular weight is 449 g/mol. The molecule has 2 aromatic rings. The molecule has 0 saturated heterocycles. The lowest BCUT2D eigenvalue weighted by Crippen LogP contribution is -2.45. The molecular weight excluding hydrogens is 417 g/mol. The van der Waals surface area contributed by atoms with Gasteiger partial charge in [0.15, 0.2) is 5.78 Å². The first-order chi connectivity index (χ1) is 14.5. The summed E-state index contributed by atoms with van der Waals surface area (Å²) in [6.07, 6.45) is 2.17. The van der Waals surface area contributed by atoms with Gasteiger partial charge in [0, 0.05) is 12.0 Å². The highest BCUT2D eigenvalue weighted by Gasteiger charge is 2.25. The Bertz CT molecular complexity index is 920. The topological polar surface area (TPSA) is 119 Å². The number of nitrogens with two attached hydrogens (primary N) is 1. The minimum absolute atomic E-state index is 0.0613. The largest absolute Gasteiger partial charge is 0.469 e. The van der Waals surface area contributed by atoms with Crippen LogP contribution in [0.5, 0.6) is 0 Å². The van der Waals surface area contributed by atoms with Gasteiger partial charge in [0.1, 0.15) is 0 Å². The molecule has 31 heavy (non-hydrogen) atoms. The molecule has 8 heteroatoms. The summed E-state index contributed by atoms with van der Waals surface area (Å²) in [5.74, 6) is 0.126. The molecule has 0 aliphatic carbocycles. The molecule has 0 aliphatic rings. The van der Waals surface area contributed by atoms with Crippen molar-refractivity contribution >= 4 is 13.6 Å². The molecule has 2 aromatic carbocycles. The average Bonchev–Trinajstić information content (AvgIpc) is 2.67. The molecule has 1 atom stereocenters. The molecule has 0 aromatic heterocycles. The van der Waals surface area contributed by atoms with Crippen molar-refractivity contribution in [3.8, 4) is 0 Å². The fraction of sp³-hybridized carbons (Fsp3) is 0.435. The van der Waals surface area contributed by atoms with Crippen molar-refractivity contribution in [3.05, 3.63) is 70.3 Å². The number of hydrogen-bond acceptors (Lipinski definition) is 5. The predicted molar refractivity (Wildman–Crippen MR) is 120 cm³/mol. The van der Waals surface area contributed by atoms with Crippen molar-refractivity contribution < 1.29 is 28.4 Å². The zero-order chi connectivity index (χ0) is 23.1. The van der Waals surface area contributed by atoms with E-state index in [1.165, 1.54) is 11.1 Å². The van der Waals surface area contributed by atoms with Crippen molar-refractivity contribution in [2.75, 3.05) is 13.2 Å². The van der Waals surface area contributed by atoms with Gasteiger partial charge in [0.25, 0.3) is 0 Å². The summed E-state index contributed by atoms with van der Waals surface area (Å²) in [6, 6.07) is 13.9. The number of ether oxygens (including phenoxy) is 1. The van der Waals surface area contributed by atoms with Crippen LogP contribution in [-0.2, 0) is 26.9 Å². The number of phosphoric ester groups is 1. The van der Waals surface area contributed by atoms with Crippen LogP contribution in [-0.4, -0.2) is 34.3 Å². The maximum Gasteiger partial charge on any atom is 0.469 e. The molecule has 0 aliphatic heterocycles. The second-order valence-corrected chi connectivity index (χ2v) is 9.56. The van der Waals surface area contributed by atoms with E-state index in [-0.39, 0.29) is 25.6 Å². The van der Waals surface area contributed by atoms with E-state index in [2.05, 4.69) is 35.7 Å². The fourth-order valence-corrected chi connectivity index (χ4v) is 3.61. The summed E-state index contributed by atoms with van der Waals surface area (Å²) in [5, 5.41) is 0. The van der Waals surface area contributed by atoms with E-state index < -0.39 is 13.4 Å². The minimum Gasteiger partial charge on any atom is -0.375 e. The van der Waals surface area contributed by atoms with Gasteiger partial charge in [-0.1, -0.05) is 48.0 Å². The summed E-state index contributed by atoms with van der Waals surface area (Å²) in [6.45, 7) is 5.55. The molecule has 0 unspecified atom stereocenters. The Morgan fingerprint density at radius 3 is 2.32 bits per heavy atom. The SMILES string of the molecule is Cc1ccc(CCCC(=O)c2ccc(COC[C@@](C)(N)COP(=O)(O)O)cc2C)cc1. The fourth-order valence-electron chi connectivity index (χ4n) is 3.15. The monoisotopic (exact) mass is 449 g/mol. The third kappa shape index (κ3) is 9.44. The molecule has 7 nitrogen and oxygen atoms in total. The lowest BCUT2D eigenvalue weighted by Gasteiger charge is -2.24. The number of rotatable bonds is 12. The van der Waals surface area contributed by atoms with E-state index in [1.54, 1.807) is 6.92 Å². The van der Waals surface area contributed by atoms with Crippen LogP contribution in [0.15, 0.2) is 42.5 Å². The van der Waals surface area contributed by atoms with Gasteiger partial charge in [0.2, 0.25) is 0 Å². The first-order valence-corrected chi connectivity index (χ1v) is 11.7. The Morgan fingerprint density at radius 2 is 1.71 bits per heavy atom. The van der Waals surface area contributed by atoms with Crippen molar-refractivity contribution in [1.82, 2.24) is 0 Å². The van der Waals surface area contributed by atoms with E-state index in [9.17, 15) is 9.36 Å². The minimum atomic E-state index is -4.57. The predicted octanol–water partition coefficient (Wildman–Crippen LogP) is 3.85. The number of phosphoric acid groups is 1. The molecule has 0 amide bonds. The third-order valence-electron chi connectivity index (χ3n) is 4.84. The Labute approximate surface area is 183 Å². The van der Waals surface area contributed by atoms with Crippen LogP contribution in [0.3, 0.4) is 0 Å². The van der Waals surface area contributed by atoms with Crippen molar-refractivity contribution in [2.24, 2.45) is 5.73 Å². The number of Topliss-reactive ketones (excluding diaryl/α,β-unsaturated/α-hetero) is 1. The molecule has 2 rings (SSSR count). The van der Waals surface area contributed by atoms with Crippen LogP contribution in [0.4, 0.5) is 0 Å². The van der Waals surface area contributed by atoms with Crippen LogP contribution in [0.1, 0.15) is 52.4 Å². The van der Waals surface area contributed by atoms with E-state index in [0.717, 1.165) is 24.0 Å². The molecule has 0 fully saturated rings. The molecule has 170 valence electrons. The third-order valence-corrected chi connectivity index (χ3v) is 5.31. The van der Waals surface area contributed by atoms with E-state index >= 15 is 0 Å². The van der Waals surface area contributed by atoms with Crippen LogP contribution < -0.4 is 5.73 Å². The van der Waals surface area contributed by atoms with Gasteiger partial charge in [-0.15, -0.1) is 0 Å². The summed E-state index contributed by atoms with van der Waals surface area (Å²) in [7, 11) is -4.57. The number of ketones is 1. The van der Waals surface area contributed by atoms with Gasteiger partial charge in [-0.05, 0) is 50.3 Å². The van der Waals surface area contributed by atoms with Crippen molar-refractivity contribution in [2.45, 2.75) is 52.2 Å². The van der Waals surface area contributed by atoms with Crippen molar-refractivity contribution in [1.29, 1.82) is 0 Å². The maximum absolute atomic E-state index is 12.6. The Kier molecular flexibility index (Phi) is 9.13. The van der Waals surface area contributed by atoms with E-state index in [1.807, 2.05) is 25.1 Å². The summed E-state index contributed by atoms with van der Waals surface area (Å²) >= 11 is 0. The molecule has 0 spiro atoms. The second-order valence-electron chi connectivity index (χ2n) is 8.32. The molecular formula is C23H32NO6P. The Balaban J connectivity index is 1.81. The number of aryl methyl sites for hydroxylation is 3. The summed E-state index contributed by atoms with van der Waals surface area (Å²) in [5.41, 5.74) is 9.86. The van der Waals surface area contributed by atoms with Crippen LogP contribution >= 0.6 is 7.82 Å². The Morgan fingerprint density at radius 1 is 1.06 bits per heavy atom. The first kappa shape index (κ1) is 25.4. The Hall–Kier alpha value is -1.86. The number of carbonyl (C=O) groups is 1.